The third kappa shape index (κ3) is 1.84. The Morgan fingerprint density at radius 3 is 3.11 bits per heavy atom. The standard InChI is InChI=1S/C13H10N4O/c14-7-9-5-6-15-13(16-9)17-11-8-18-12-4-2-1-3-10(11)12/h1-6,11H,8H2,(H,15,16,17). The molecule has 18 heavy (non-hydrogen) atoms. The van der Waals surface area contributed by atoms with E-state index in [4.69, 9.17) is 10.00 Å². The Balaban J connectivity index is 1.84. The molecule has 3 rings (SSSR count). The van der Waals surface area contributed by atoms with Gasteiger partial charge in [0, 0.05) is 11.8 Å². The van der Waals surface area contributed by atoms with Crippen molar-refractivity contribution in [3.63, 3.8) is 0 Å². The van der Waals surface area contributed by atoms with Gasteiger partial charge in [0.15, 0.2) is 0 Å². The monoisotopic (exact) mass is 238 g/mol. The molecule has 5 heteroatoms. The molecule has 1 atom stereocenters. The van der Waals surface area contributed by atoms with Crippen LogP contribution in [0.5, 0.6) is 5.75 Å². The SMILES string of the molecule is N#Cc1ccnc(NC2COc3ccccc32)n1. The van der Waals surface area contributed by atoms with Gasteiger partial charge >= 0.3 is 0 Å². The highest BCUT2D eigenvalue weighted by Gasteiger charge is 2.23. The van der Waals surface area contributed by atoms with Gasteiger partial charge in [0.25, 0.3) is 0 Å². The topological polar surface area (TPSA) is 70.8 Å². The summed E-state index contributed by atoms with van der Waals surface area (Å²) in [5.41, 5.74) is 1.43. The summed E-state index contributed by atoms with van der Waals surface area (Å²) < 4.78 is 5.56. The second kappa shape index (κ2) is 4.34. The number of nitriles is 1. The molecule has 1 aliphatic heterocycles. The van der Waals surface area contributed by atoms with Crippen LogP contribution in [0.25, 0.3) is 0 Å². The van der Waals surface area contributed by atoms with Crippen molar-refractivity contribution < 1.29 is 4.74 Å². The minimum Gasteiger partial charge on any atom is -0.491 e. The van der Waals surface area contributed by atoms with Crippen LogP contribution in [0.2, 0.25) is 0 Å². The molecular formula is C13H10N4O. The summed E-state index contributed by atoms with van der Waals surface area (Å²) in [6.07, 6.45) is 1.57. The summed E-state index contributed by atoms with van der Waals surface area (Å²) >= 11 is 0. The fourth-order valence-corrected chi connectivity index (χ4v) is 1.93. The number of hydrogen-bond donors (Lipinski definition) is 1. The fraction of sp³-hybridized carbons (Fsp3) is 0.154. The average molecular weight is 238 g/mol. The summed E-state index contributed by atoms with van der Waals surface area (Å²) in [7, 11) is 0. The third-order valence-electron chi connectivity index (χ3n) is 2.77. The van der Waals surface area contributed by atoms with E-state index in [-0.39, 0.29) is 6.04 Å². The number of hydrogen-bond acceptors (Lipinski definition) is 5. The Bertz CT molecular complexity index is 620. The van der Waals surface area contributed by atoms with E-state index in [0.717, 1.165) is 11.3 Å². The molecular weight excluding hydrogens is 228 g/mol. The summed E-state index contributed by atoms with van der Waals surface area (Å²) in [5.74, 6) is 1.32. The van der Waals surface area contributed by atoms with E-state index in [1.165, 1.54) is 0 Å². The number of aromatic nitrogens is 2. The molecule has 0 radical (unpaired) electrons. The Labute approximate surface area is 104 Å². The van der Waals surface area contributed by atoms with Crippen LogP contribution in [-0.2, 0) is 0 Å². The first-order valence-electron chi connectivity index (χ1n) is 5.58. The van der Waals surface area contributed by atoms with Crippen molar-refractivity contribution in [2.24, 2.45) is 0 Å². The Kier molecular flexibility index (Phi) is 2.54. The van der Waals surface area contributed by atoms with Crippen LogP contribution < -0.4 is 10.1 Å². The van der Waals surface area contributed by atoms with Gasteiger partial charge in [-0.15, -0.1) is 0 Å². The lowest BCUT2D eigenvalue weighted by Crippen LogP contribution is -2.14. The normalized spacial score (nSPS) is 16.5. The van der Waals surface area contributed by atoms with Gasteiger partial charge in [-0.25, -0.2) is 9.97 Å². The molecule has 88 valence electrons. The van der Waals surface area contributed by atoms with Gasteiger partial charge in [0.2, 0.25) is 5.95 Å². The van der Waals surface area contributed by atoms with E-state index in [9.17, 15) is 0 Å². The van der Waals surface area contributed by atoms with Crippen molar-refractivity contribution in [2.75, 3.05) is 11.9 Å². The predicted molar refractivity (Wildman–Crippen MR) is 65.0 cm³/mol. The van der Waals surface area contributed by atoms with Crippen molar-refractivity contribution in [3.05, 3.63) is 47.8 Å². The minimum absolute atomic E-state index is 0.0233. The van der Waals surface area contributed by atoms with Gasteiger partial charge in [-0.1, -0.05) is 18.2 Å². The van der Waals surface area contributed by atoms with Crippen molar-refractivity contribution in [1.82, 2.24) is 9.97 Å². The molecule has 0 bridgehead atoms. The maximum atomic E-state index is 8.79. The van der Waals surface area contributed by atoms with Gasteiger partial charge < -0.3 is 10.1 Å². The van der Waals surface area contributed by atoms with Crippen molar-refractivity contribution >= 4 is 5.95 Å². The van der Waals surface area contributed by atoms with E-state index in [2.05, 4.69) is 15.3 Å². The number of anilines is 1. The lowest BCUT2D eigenvalue weighted by Gasteiger charge is -2.11. The number of fused-ring (bicyclic) bond motifs is 1. The number of para-hydroxylation sites is 1. The number of ether oxygens (including phenoxy) is 1. The summed E-state index contributed by atoms with van der Waals surface area (Å²) in [5, 5.41) is 12.0. The fourth-order valence-electron chi connectivity index (χ4n) is 1.93. The summed E-state index contributed by atoms with van der Waals surface area (Å²) in [6.45, 7) is 0.541. The molecule has 1 N–H and O–H groups in total. The zero-order valence-corrected chi connectivity index (χ0v) is 9.50. The molecule has 2 heterocycles. The molecule has 0 saturated carbocycles. The molecule has 0 saturated heterocycles. The zero-order chi connectivity index (χ0) is 12.4. The van der Waals surface area contributed by atoms with Crippen LogP contribution in [0.4, 0.5) is 5.95 Å². The first-order chi connectivity index (χ1) is 8.86. The highest BCUT2D eigenvalue weighted by atomic mass is 16.5. The molecule has 0 amide bonds. The summed E-state index contributed by atoms with van der Waals surface area (Å²) in [6, 6.07) is 11.4. The lowest BCUT2D eigenvalue weighted by molar-refractivity contribution is 0.339. The number of benzene rings is 1. The Morgan fingerprint density at radius 1 is 1.33 bits per heavy atom. The molecule has 0 fully saturated rings. The summed E-state index contributed by atoms with van der Waals surface area (Å²) in [4.78, 5) is 8.18. The number of nitrogens with one attached hydrogen (secondary N) is 1. The second-order valence-corrected chi connectivity index (χ2v) is 3.92. The third-order valence-corrected chi connectivity index (χ3v) is 2.77. The molecule has 0 aliphatic carbocycles. The van der Waals surface area contributed by atoms with E-state index in [0.29, 0.717) is 18.2 Å². The highest BCUT2D eigenvalue weighted by molar-refractivity contribution is 5.44. The van der Waals surface area contributed by atoms with E-state index < -0.39 is 0 Å². The maximum absolute atomic E-state index is 8.79. The van der Waals surface area contributed by atoms with E-state index in [1.54, 1.807) is 12.3 Å². The molecule has 0 spiro atoms. The predicted octanol–water partition coefficient (Wildman–Crippen LogP) is 1.89. The maximum Gasteiger partial charge on any atom is 0.224 e. The largest absolute Gasteiger partial charge is 0.491 e. The van der Waals surface area contributed by atoms with Crippen molar-refractivity contribution in [3.8, 4) is 11.8 Å². The van der Waals surface area contributed by atoms with Gasteiger partial charge in [-0.05, 0) is 12.1 Å². The number of rotatable bonds is 2. The quantitative estimate of drug-likeness (QED) is 0.865. The van der Waals surface area contributed by atoms with Gasteiger partial charge in [0.05, 0.1) is 6.04 Å². The van der Waals surface area contributed by atoms with Crippen molar-refractivity contribution in [2.45, 2.75) is 6.04 Å². The molecule has 1 aliphatic rings. The van der Waals surface area contributed by atoms with Crippen LogP contribution in [0.3, 0.4) is 0 Å². The van der Waals surface area contributed by atoms with Crippen molar-refractivity contribution in [1.29, 1.82) is 5.26 Å². The van der Waals surface area contributed by atoms with Gasteiger partial charge in [0.1, 0.15) is 24.1 Å². The molecule has 5 nitrogen and oxygen atoms in total. The number of nitrogens with zero attached hydrogens (tertiary/aromatic N) is 3. The van der Waals surface area contributed by atoms with Crippen LogP contribution >= 0.6 is 0 Å². The van der Waals surface area contributed by atoms with Crippen LogP contribution in [0, 0.1) is 11.3 Å². The zero-order valence-electron chi connectivity index (χ0n) is 9.50. The highest BCUT2D eigenvalue weighted by Crippen LogP contribution is 2.33. The minimum atomic E-state index is 0.0233. The van der Waals surface area contributed by atoms with Crippen LogP contribution in [0.15, 0.2) is 36.5 Å². The average Bonchev–Trinajstić information content (AvgIpc) is 2.83. The molecule has 1 unspecified atom stereocenters. The van der Waals surface area contributed by atoms with E-state index in [1.807, 2.05) is 30.3 Å². The Hall–Kier alpha value is -2.61. The lowest BCUT2D eigenvalue weighted by atomic mass is 10.1. The van der Waals surface area contributed by atoms with Gasteiger partial charge in [-0.2, -0.15) is 5.26 Å². The molecule has 2 aromatic rings. The second-order valence-electron chi connectivity index (χ2n) is 3.92. The van der Waals surface area contributed by atoms with Crippen LogP contribution in [-0.4, -0.2) is 16.6 Å². The smallest absolute Gasteiger partial charge is 0.224 e. The van der Waals surface area contributed by atoms with E-state index >= 15 is 0 Å². The Morgan fingerprint density at radius 2 is 2.22 bits per heavy atom. The molecule has 1 aromatic heterocycles. The molecule has 1 aromatic carbocycles. The van der Waals surface area contributed by atoms with Crippen LogP contribution in [0.1, 0.15) is 17.3 Å². The van der Waals surface area contributed by atoms with Gasteiger partial charge in [-0.3, -0.25) is 0 Å². The first kappa shape index (κ1) is 10.5. The first-order valence-corrected chi connectivity index (χ1v) is 5.58.